The standard InChI is InChI=1S/C25H26N4O3S/c1-33(31,32)25-10-7-22(8-11-25)21-5-2-20(3-6-21)16-24(18-30)29-17-23(27-28-29)9-4-19-12-14-26-15-13-19/h2-3,5-8,10-15,17,24,30H,4,9,16,18H2,1H3. The zero-order chi connectivity index (χ0) is 23.3. The van der Waals surface area contributed by atoms with Crippen LogP contribution in [0.1, 0.15) is 22.9 Å². The molecule has 2 heterocycles. The number of aromatic nitrogens is 4. The van der Waals surface area contributed by atoms with E-state index in [9.17, 15) is 13.5 Å². The monoisotopic (exact) mass is 462 g/mol. The van der Waals surface area contributed by atoms with E-state index < -0.39 is 9.84 Å². The zero-order valence-corrected chi connectivity index (χ0v) is 19.2. The first-order chi connectivity index (χ1) is 15.9. The second-order valence-corrected chi connectivity index (χ2v) is 10.1. The smallest absolute Gasteiger partial charge is 0.175 e. The van der Waals surface area contributed by atoms with Gasteiger partial charge in [-0.25, -0.2) is 13.1 Å². The maximum atomic E-state index is 11.6. The third-order valence-electron chi connectivity index (χ3n) is 5.60. The largest absolute Gasteiger partial charge is 0.394 e. The molecule has 0 aliphatic carbocycles. The van der Waals surface area contributed by atoms with Gasteiger partial charge in [0.05, 0.1) is 23.2 Å². The summed E-state index contributed by atoms with van der Waals surface area (Å²) in [6.45, 7) is -0.0398. The topological polar surface area (TPSA) is 98.0 Å². The van der Waals surface area contributed by atoms with Crippen molar-refractivity contribution in [2.75, 3.05) is 12.9 Å². The molecule has 0 aliphatic heterocycles. The molecule has 7 nitrogen and oxygen atoms in total. The molecule has 1 atom stereocenters. The number of hydrogen-bond donors (Lipinski definition) is 1. The van der Waals surface area contributed by atoms with Crippen LogP contribution < -0.4 is 0 Å². The van der Waals surface area contributed by atoms with Gasteiger partial charge in [0.1, 0.15) is 0 Å². The summed E-state index contributed by atoms with van der Waals surface area (Å²) >= 11 is 0. The highest BCUT2D eigenvalue weighted by atomic mass is 32.2. The minimum Gasteiger partial charge on any atom is -0.394 e. The third-order valence-corrected chi connectivity index (χ3v) is 6.73. The lowest BCUT2D eigenvalue weighted by molar-refractivity contribution is 0.216. The Kier molecular flexibility index (Phi) is 6.96. The van der Waals surface area contributed by atoms with Crippen molar-refractivity contribution in [2.24, 2.45) is 0 Å². The molecule has 4 aromatic rings. The summed E-state index contributed by atoms with van der Waals surface area (Å²) in [7, 11) is -3.21. The van der Waals surface area contributed by atoms with Gasteiger partial charge in [-0.1, -0.05) is 41.6 Å². The molecule has 0 radical (unpaired) electrons. The van der Waals surface area contributed by atoms with Gasteiger partial charge < -0.3 is 5.11 Å². The number of sulfone groups is 1. The second kappa shape index (κ2) is 10.1. The van der Waals surface area contributed by atoms with E-state index in [1.54, 1.807) is 29.2 Å². The highest BCUT2D eigenvalue weighted by Crippen LogP contribution is 2.23. The van der Waals surface area contributed by atoms with Gasteiger partial charge in [0.2, 0.25) is 0 Å². The molecule has 1 unspecified atom stereocenters. The molecule has 2 aromatic carbocycles. The highest BCUT2D eigenvalue weighted by Gasteiger charge is 2.14. The third kappa shape index (κ3) is 5.91. The molecule has 1 N–H and O–H groups in total. The first-order valence-corrected chi connectivity index (χ1v) is 12.6. The number of rotatable bonds is 9. The van der Waals surface area contributed by atoms with Gasteiger partial charge in [0.15, 0.2) is 9.84 Å². The summed E-state index contributed by atoms with van der Waals surface area (Å²) in [5.41, 5.74) is 5.10. The number of pyridine rings is 1. The maximum Gasteiger partial charge on any atom is 0.175 e. The van der Waals surface area contributed by atoms with E-state index in [4.69, 9.17) is 0 Å². The van der Waals surface area contributed by atoms with E-state index in [0.717, 1.165) is 35.2 Å². The van der Waals surface area contributed by atoms with Gasteiger partial charge >= 0.3 is 0 Å². The lowest BCUT2D eigenvalue weighted by Gasteiger charge is -2.14. The van der Waals surface area contributed by atoms with Crippen LogP contribution >= 0.6 is 0 Å². The van der Waals surface area contributed by atoms with E-state index in [1.807, 2.05) is 54.7 Å². The Hall–Kier alpha value is -3.36. The van der Waals surface area contributed by atoms with Crippen LogP contribution in [-0.4, -0.2) is 46.4 Å². The Balaban J connectivity index is 1.40. The number of hydrogen-bond acceptors (Lipinski definition) is 6. The summed E-state index contributed by atoms with van der Waals surface area (Å²) in [5, 5.41) is 18.4. The average Bonchev–Trinajstić information content (AvgIpc) is 3.31. The van der Waals surface area contributed by atoms with Gasteiger partial charge in [-0.15, -0.1) is 5.10 Å². The first kappa shape index (κ1) is 22.8. The van der Waals surface area contributed by atoms with Crippen molar-refractivity contribution in [1.29, 1.82) is 0 Å². The quantitative estimate of drug-likeness (QED) is 0.410. The summed E-state index contributed by atoms with van der Waals surface area (Å²) < 4.78 is 25.0. The predicted octanol–water partition coefficient (Wildman–Crippen LogP) is 3.30. The molecule has 170 valence electrons. The number of aryl methyl sites for hydroxylation is 2. The molecule has 0 saturated heterocycles. The Labute approximate surface area is 193 Å². The van der Waals surface area contributed by atoms with Crippen LogP contribution in [0.15, 0.2) is 84.1 Å². The maximum absolute atomic E-state index is 11.6. The normalized spacial score (nSPS) is 12.5. The minimum absolute atomic E-state index is 0.0398. The Morgan fingerprint density at radius 1 is 0.879 bits per heavy atom. The van der Waals surface area contributed by atoms with Crippen molar-refractivity contribution < 1.29 is 13.5 Å². The van der Waals surface area contributed by atoms with Gasteiger partial charge in [0, 0.05) is 24.8 Å². The molecular weight excluding hydrogens is 436 g/mol. The van der Waals surface area contributed by atoms with Gasteiger partial charge in [-0.05, 0) is 65.8 Å². The predicted molar refractivity (Wildman–Crippen MR) is 126 cm³/mol. The lowest BCUT2D eigenvalue weighted by atomic mass is 10.0. The lowest BCUT2D eigenvalue weighted by Crippen LogP contribution is -2.16. The molecule has 0 spiro atoms. The van der Waals surface area contributed by atoms with Crippen molar-refractivity contribution in [3.05, 3.63) is 96.1 Å². The van der Waals surface area contributed by atoms with Crippen LogP contribution in [0.3, 0.4) is 0 Å². The van der Waals surface area contributed by atoms with Gasteiger partial charge in [0.25, 0.3) is 0 Å². The first-order valence-electron chi connectivity index (χ1n) is 10.7. The minimum atomic E-state index is -3.21. The summed E-state index contributed by atoms with van der Waals surface area (Å²) in [4.78, 5) is 4.34. The van der Waals surface area contributed by atoms with E-state index in [-0.39, 0.29) is 12.6 Å². The summed E-state index contributed by atoms with van der Waals surface area (Å²) in [6.07, 6.45) is 8.92. The Morgan fingerprint density at radius 2 is 1.52 bits per heavy atom. The Morgan fingerprint density at radius 3 is 2.12 bits per heavy atom. The fourth-order valence-corrected chi connectivity index (χ4v) is 4.30. The number of nitrogens with zero attached hydrogens (tertiary/aromatic N) is 4. The molecule has 0 aliphatic rings. The van der Waals surface area contributed by atoms with Gasteiger partial charge in [-0.3, -0.25) is 4.98 Å². The van der Waals surface area contributed by atoms with E-state index >= 15 is 0 Å². The summed E-state index contributed by atoms with van der Waals surface area (Å²) in [5.74, 6) is 0. The fourth-order valence-electron chi connectivity index (χ4n) is 3.67. The average molecular weight is 463 g/mol. The van der Waals surface area contributed by atoms with Crippen LogP contribution in [0.25, 0.3) is 11.1 Å². The SMILES string of the molecule is CS(=O)(=O)c1ccc(-c2ccc(CC(CO)n3cc(CCc4ccncc4)nn3)cc2)cc1. The van der Waals surface area contributed by atoms with E-state index in [0.29, 0.717) is 11.3 Å². The molecular formula is C25H26N4O3S. The van der Waals surface area contributed by atoms with Crippen molar-refractivity contribution in [1.82, 2.24) is 20.0 Å². The van der Waals surface area contributed by atoms with Crippen molar-refractivity contribution in [2.45, 2.75) is 30.2 Å². The van der Waals surface area contributed by atoms with Crippen LogP contribution in [-0.2, 0) is 29.1 Å². The number of benzene rings is 2. The van der Waals surface area contributed by atoms with Crippen molar-refractivity contribution in [3.63, 3.8) is 0 Å². The zero-order valence-electron chi connectivity index (χ0n) is 18.4. The van der Waals surface area contributed by atoms with Crippen molar-refractivity contribution in [3.8, 4) is 11.1 Å². The van der Waals surface area contributed by atoms with E-state index in [1.165, 1.54) is 11.8 Å². The molecule has 0 bridgehead atoms. The van der Waals surface area contributed by atoms with Crippen molar-refractivity contribution >= 4 is 9.84 Å². The summed E-state index contributed by atoms with van der Waals surface area (Å²) in [6, 6.07) is 18.7. The van der Waals surface area contributed by atoms with Crippen LogP contribution in [0.2, 0.25) is 0 Å². The van der Waals surface area contributed by atoms with Crippen LogP contribution in [0.5, 0.6) is 0 Å². The highest BCUT2D eigenvalue weighted by molar-refractivity contribution is 7.90. The molecule has 8 heteroatoms. The van der Waals surface area contributed by atoms with Gasteiger partial charge in [-0.2, -0.15) is 0 Å². The van der Waals surface area contributed by atoms with Crippen LogP contribution in [0.4, 0.5) is 0 Å². The molecule has 0 saturated carbocycles. The van der Waals surface area contributed by atoms with E-state index in [2.05, 4.69) is 15.3 Å². The number of aliphatic hydroxyl groups is 1. The number of aliphatic hydroxyl groups excluding tert-OH is 1. The Bertz CT molecular complexity index is 1290. The molecule has 33 heavy (non-hydrogen) atoms. The molecule has 2 aromatic heterocycles. The molecule has 0 fully saturated rings. The molecule has 0 amide bonds. The second-order valence-electron chi connectivity index (χ2n) is 8.08. The molecule has 4 rings (SSSR count). The fraction of sp³-hybridized carbons (Fsp3) is 0.240. The van der Waals surface area contributed by atoms with Crippen LogP contribution in [0, 0.1) is 0 Å².